The molecule has 4 heterocycles. The molecule has 0 bridgehead atoms. The third-order valence-corrected chi connectivity index (χ3v) is 8.53. The number of hydrogen-bond acceptors (Lipinski definition) is 10. The number of rotatable bonds is 8. The second kappa shape index (κ2) is 17.3. The van der Waals surface area contributed by atoms with Gasteiger partial charge in [0.05, 0.1) is 31.6 Å². The van der Waals surface area contributed by atoms with E-state index in [1.54, 1.807) is 18.2 Å². The number of alkyl halides is 6. The van der Waals surface area contributed by atoms with Gasteiger partial charge in [0.15, 0.2) is 0 Å². The molecule has 4 aromatic heterocycles. The summed E-state index contributed by atoms with van der Waals surface area (Å²) >= 11 is 8.68. The smallest absolute Gasteiger partial charge is 0.365 e. The summed E-state index contributed by atoms with van der Waals surface area (Å²) in [5.74, 6) is 1.41. The Morgan fingerprint density at radius 1 is 0.667 bits per heavy atom. The molecule has 0 amide bonds. The number of hydrogen-bond donors (Lipinski definition) is 4. The largest absolute Gasteiger partial charge is 0.416 e. The Hall–Kier alpha value is -4.25. The van der Waals surface area contributed by atoms with E-state index >= 15 is 0 Å². The predicted octanol–water partition coefficient (Wildman–Crippen LogP) is 10.5. The number of aromatic nitrogens is 4. The molecule has 0 unspecified atom stereocenters. The number of fused-ring (bicyclic) bond motifs is 2. The Balaban J connectivity index is 0.000000208. The van der Waals surface area contributed by atoms with Crippen LogP contribution < -0.4 is 21.7 Å². The van der Waals surface area contributed by atoms with Crippen LogP contribution >= 0.6 is 34.3 Å². The summed E-state index contributed by atoms with van der Waals surface area (Å²) in [5, 5.41) is 12.8. The van der Waals surface area contributed by atoms with Gasteiger partial charge >= 0.3 is 12.4 Å². The third kappa shape index (κ3) is 11.4. The summed E-state index contributed by atoms with van der Waals surface area (Å²) in [6.45, 7) is 7.85. The van der Waals surface area contributed by atoms with Gasteiger partial charge in [0.25, 0.3) is 0 Å². The molecule has 0 spiro atoms. The highest BCUT2D eigenvalue weighted by molar-refractivity contribution is 7.18. The Morgan fingerprint density at radius 2 is 1.10 bits per heavy atom. The molecular weight excluding hydrogens is 734 g/mol. The third-order valence-electron chi connectivity index (χ3n) is 6.54. The van der Waals surface area contributed by atoms with Crippen molar-refractivity contribution in [2.75, 3.05) is 16.0 Å². The summed E-state index contributed by atoms with van der Waals surface area (Å²) in [7, 11) is 0. The monoisotopic (exact) mass is 768 g/mol. The summed E-state index contributed by atoms with van der Waals surface area (Å²) in [4.78, 5) is 16.9. The first kappa shape index (κ1) is 39.5. The van der Waals surface area contributed by atoms with E-state index in [0.29, 0.717) is 29.1 Å². The number of anilines is 3. The molecule has 17 heteroatoms. The molecule has 6 aromatic rings. The molecule has 6 rings (SSSR count). The normalized spacial score (nSPS) is 11.6. The van der Waals surface area contributed by atoms with E-state index in [1.165, 1.54) is 46.9 Å². The number of benzene rings is 2. The van der Waals surface area contributed by atoms with Crippen LogP contribution in [0.25, 0.3) is 20.4 Å². The topological polar surface area (TPSA) is 114 Å². The molecule has 0 radical (unpaired) electrons. The molecule has 5 N–H and O–H groups in total. The fraction of sp³-hybridized carbons (Fsp3) is 0.294. The Labute approximate surface area is 303 Å². The number of nitrogens with two attached hydrogens (primary N) is 1. The van der Waals surface area contributed by atoms with Crippen molar-refractivity contribution in [2.45, 2.75) is 65.2 Å². The minimum absolute atomic E-state index is 0.00394. The lowest BCUT2D eigenvalue weighted by atomic mass is 10.1. The van der Waals surface area contributed by atoms with Crippen LogP contribution in [0.2, 0.25) is 5.28 Å². The Morgan fingerprint density at radius 3 is 1.55 bits per heavy atom. The highest BCUT2D eigenvalue weighted by Crippen LogP contribution is 2.35. The zero-order valence-corrected chi connectivity index (χ0v) is 30.2. The Kier molecular flexibility index (Phi) is 13.4. The molecule has 272 valence electrons. The second-order valence-electron chi connectivity index (χ2n) is 11.6. The molecule has 0 aliphatic carbocycles. The van der Waals surface area contributed by atoms with Gasteiger partial charge in [0.2, 0.25) is 11.2 Å². The number of nitrogens with one attached hydrogen (secondary N) is 3. The zero-order valence-electron chi connectivity index (χ0n) is 27.8. The van der Waals surface area contributed by atoms with Crippen molar-refractivity contribution in [3.63, 3.8) is 0 Å². The summed E-state index contributed by atoms with van der Waals surface area (Å²) in [6.07, 6.45) is -8.77. The zero-order chi connectivity index (χ0) is 37.3. The average Bonchev–Trinajstić information content (AvgIpc) is 3.72. The van der Waals surface area contributed by atoms with E-state index < -0.39 is 23.5 Å². The van der Waals surface area contributed by atoms with E-state index in [0.717, 1.165) is 27.0 Å². The first-order valence-corrected chi connectivity index (χ1v) is 17.6. The molecule has 2 aromatic carbocycles. The van der Waals surface area contributed by atoms with E-state index in [9.17, 15) is 26.3 Å². The van der Waals surface area contributed by atoms with Crippen LogP contribution in [0.15, 0.2) is 71.4 Å². The quantitative estimate of drug-likeness (QED) is 0.0894. The van der Waals surface area contributed by atoms with Crippen molar-refractivity contribution in [1.29, 1.82) is 0 Å². The van der Waals surface area contributed by atoms with Gasteiger partial charge in [0, 0.05) is 19.1 Å². The molecule has 0 saturated carbocycles. The molecular formula is C34H35ClF6N8S2. The fourth-order valence-corrected chi connectivity index (χ4v) is 6.29. The van der Waals surface area contributed by atoms with Crippen molar-refractivity contribution >= 4 is 72.3 Å². The lowest BCUT2D eigenvalue weighted by molar-refractivity contribution is -0.139. The van der Waals surface area contributed by atoms with Gasteiger partial charge in [-0.15, -0.1) is 22.7 Å². The number of halogens is 7. The summed E-state index contributed by atoms with van der Waals surface area (Å²) in [5.41, 5.74) is 5.56. The number of nitrogens with zero attached hydrogens (tertiary/aromatic N) is 4. The van der Waals surface area contributed by atoms with Crippen molar-refractivity contribution in [2.24, 2.45) is 5.73 Å². The van der Waals surface area contributed by atoms with Gasteiger partial charge in [-0.1, -0.05) is 50.2 Å². The van der Waals surface area contributed by atoms with Gasteiger partial charge in [0.1, 0.15) is 11.6 Å². The van der Waals surface area contributed by atoms with Crippen LogP contribution in [0.4, 0.5) is 43.9 Å². The van der Waals surface area contributed by atoms with Crippen LogP contribution in [0, 0.1) is 0 Å². The molecule has 0 saturated heterocycles. The van der Waals surface area contributed by atoms with Crippen LogP contribution in [0.3, 0.4) is 0 Å². The standard InChI is InChI=1S/C17H17F3N4S.C14H9ClF3N3S.C3H9N/c1-10(2)22-16-23-13-7-8-25-14(13)15(24-16)21-9-11-5-3-4-6-12(11)17(18,19)20;15-13-20-10-5-6-22-11(10)12(21-13)19-7-8-3-1-2-4-9(8)14(16,17)18;1-3(2)4/h3-8,10H,9H2,1-2H3,(H2,21,22,23,24);1-6H,7H2,(H,19,20,21);3H,4H2,1-2H3. The maximum Gasteiger partial charge on any atom is 0.416 e. The van der Waals surface area contributed by atoms with E-state index in [2.05, 4.69) is 35.9 Å². The maximum atomic E-state index is 13.1. The summed E-state index contributed by atoms with van der Waals surface area (Å²) < 4.78 is 79.9. The van der Waals surface area contributed by atoms with Crippen LogP contribution in [-0.4, -0.2) is 32.0 Å². The van der Waals surface area contributed by atoms with Crippen LogP contribution in [0.1, 0.15) is 49.9 Å². The van der Waals surface area contributed by atoms with E-state index in [1.807, 2.05) is 44.5 Å². The highest BCUT2D eigenvalue weighted by atomic mass is 35.5. The first-order chi connectivity index (χ1) is 24.0. The van der Waals surface area contributed by atoms with Gasteiger partial charge < -0.3 is 21.7 Å². The van der Waals surface area contributed by atoms with Crippen LogP contribution in [0.5, 0.6) is 0 Å². The maximum absolute atomic E-state index is 13.1. The predicted molar refractivity (Wildman–Crippen MR) is 195 cm³/mol. The first-order valence-electron chi connectivity index (χ1n) is 15.5. The lowest BCUT2D eigenvalue weighted by Crippen LogP contribution is -2.14. The van der Waals surface area contributed by atoms with Gasteiger partial charge in [-0.2, -0.15) is 36.3 Å². The summed E-state index contributed by atoms with van der Waals surface area (Å²) in [6, 6.07) is 15.1. The second-order valence-corrected chi connectivity index (χ2v) is 13.7. The molecule has 0 atom stereocenters. The fourth-order valence-electron chi connectivity index (χ4n) is 4.52. The van der Waals surface area contributed by atoms with Crippen molar-refractivity contribution in [3.8, 4) is 0 Å². The molecule has 0 aliphatic rings. The number of thiophene rings is 2. The Bertz CT molecular complexity index is 2030. The van der Waals surface area contributed by atoms with Gasteiger partial charge in [-0.05, 0) is 77.6 Å². The molecule has 0 fully saturated rings. The molecule has 51 heavy (non-hydrogen) atoms. The molecule has 8 nitrogen and oxygen atoms in total. The minimum Gasteiger partial charge on any atom is -0.365 e. The van der Waals surface area contributed by atoms with Gasteiger partial charge in [-0.25, -0.2) is 9.97 Å². The average molecular weight is 769 g/mol. The SMILES string of the molecule is CC(C)N.CC(C)Nc1nc(NCc2ccccc2C(F)(F)F)c2sccc2n1.FC(F)(F)c1ccccc1CNc1nc(Cl)nc2ccsc12. The molecule has 0 aliphatic heterocycles. The van der Waals surface area contributed by atoms with Crippen molar-refractivity contribution in [1.82, 2.24) is 19.9 Å². The minimum atomic E-state index is -4.39. The van der Waals surface area contributed by atoms with E-state index in [-0.39, 0.29) is 35.5 Å². The van der Waals surface area contributed by atoms with Crippen molar-refractivity contribution in [3.05, 3.63) is 99.0 Å². The lowest BCUT2D eigenvalue weighted by Gasteiger charge is -2.15. The van der Waals surface area contributed by atoms with Gasteiger partial charge in [-0.3, -0.25) is 0 Å². The van der Waals surface area contributed by atoms with Crippen LogP contribution in [-0.2, 0) is 25.4 Å². The van der Waals surface area contributed by atoms with E-state index in [4.69, 9.17) is 17.3 Å². The van der Waals surface area contributed by atoms with Crippen molar-refractivity contribution < 1.29 is 26.3 Å². The highest BCUT2D eigenvalue weighted by Gasteiger charge is 2.33.